The summed E-state index contributed by atoms with van der Waals surface area (Å²) in [4.78, 5) is 27.7. The Morgan fingerprint density at radius 1 is 1.00 bits per heavy atom. The molecule has 2 aliphatic rings. The quantitative estimate of drug-likeness (QED) is 0.817. The molecule has 2 saturated heterocycles. The third-order valence-corrected chi connectivity index (χ3v) is 6.05. The average Bonchev–Trinajstić information content (AvgIpc) is 3.03. The highest BCUT2D eigenvalue weighted by molar-refractivity contribution is 5.98. The first-order chi connectivity index (χ1) is 14.5. The molecule has 0 aromatic heterocycles. The van der Waals surface area contributed by atoms with Gasteiger partial charge in [-0.05, 0) is 62.1 Å². The lowest BCUT2D eigenvalue weighted by Gasteiger charge is -2.39. The van der Waals surface area contributed by atoms with Crippen molar-refractivity contribution in [1.29, 1.82) is 0 Å². The molecule has 2 fully saturated rings. The fourth-order valence-corrected chi connectivity index (χ4v) is 4.61. The fourth-order valence-electron chi connectivity index (χ4n) is 4.61. The highest BCUT2D eigenvalue weighted by Gasteiger charge is 2.44. The molecule has 2 atom stereocenters. The van der Waals surface area contributed by atoms with Crippen molar-refractivity contribution in [2.75, 3.05) is 14.2 Å². The van der Waals surface area contributed by atoms with Crippen molar-refractivity contribution < 1.29 is 23.5 Å². The number of rotatable bonds is 5. The Morgan fingerprint density at radius 3 is 2.27 bits per heavy atom. The van der Waals surface area contributed by atoms with Gasteiger partial charge in [-0.15, -0.1) is 0 Å². The molecular weight excluding hydrogens is 387 g/mol. The van der Waals surface area contributed by atoms with Gasteiger partial charge in [0.1, 0.15) is 17.3 Å². The summed E-state index contributed by atoms with van der Waals surface area (Å²) in [6, 6.07) is 10.9. The van der Waals surface area contributed by atoms with E-state index in [1.807, 2.05) is 4.90 Å². The van der Waals surface area contributed by atoms with Crippen LogP contribution in [-0.2, 0) is 0 Å². The van der Waals surface area contributed by atoms with E-state index in [1.54, 1.807) is 25.3 Å². The third-order valence-electron chi connectivity index (χ3n) is 6.05. The van der Waals surface area contributed by atoms with E-state index < -0.39 is 0 Å². The van der Waals surface area contributed by atoms with Crippen molar-refractivity contribution in [3.63, 3.8) is 0 Å². The summed E-state index contributed by atoms with van der Waals surface area (Å²) in [6.07, 6.45) is 3.23. The molecule has 2 bridgehead atoms. The van der Waals surface area contributed by atoms with Gasteiger partial charge in [0.15, 0.2) is 0 Å². The molecule has 2 heterocycles. The number of hydrogen-bond donors (Lipinski definition) is 1. The van der Waals surface area contributed by atoms with E-state index in [2.05, 4.69) is 5.32 Å². The number of piperidine rings is 1. The zero-order valence-corrected chi connectivity index (χ0v) is 17.1. The SMILES string of the molecule is COc1ccc(C(=O)N2C3CCC2CC(NC(=O)c2ccc(F)cc2)C3)c(OC)c1. The zero-order valence-electron chi connectivity index (χ0n) is 17.1. The molecule has 0 aliphatic carbocycles. The van der Waals surface area contributed by atoms with Crippen LogP contribution >= 0.6 is 0 Å². The Balaban J connectivity index is 1.46. The molecule has 2 unspecified atom stereocenters. The minimum absolute atomic E-state index is 0.0122. The first kappa shape index (κ1) is 20.2. The number of amides is 2. The lowest BCUT2D eigenvalue weighted by atomic mass is 9.95. The van der Waals surface area contributed by atoms with E-state index in [0.717, 1.165) is 12.8 Å². The van der Waals surface area contributed by atoms with Gasteiger partial charge in [0.25, 0.3) is 11.8 Å². The maximum atomic E-state index is 13.3. The van der Waals surface area contributed by atoms with Crippen molar-refractivity contribution in [2.45, 2.75) is 43.8 Å². The Hall–Kier alpha value is -3.09. The predicted octanol–water partition coefficient (Wildman–Crippen LogP) is 3.41. The molecule has 0 radical (unpaired) electrons. The summed E-state index contributed by atoms with van der Waals surface area (Å²) in [5.74, 6) is 0.491. The van der Waals surface area contributed by atoms with Gasteiger partial charge in [-0.3, -0.25) is 9.59 Å². The molecule has 1 N–H and O–H groups in total. The smallest absolute Gasteiger partial charge is 0.258 e. The molecule has 2 aromatic rings. The van der Waals surface area contributed by atoms with E-state index in [-0.39, 0.29) is 35.8 Å². The average molecular weight is 412 g/mol. The number of carbonyl (C=O) groups is 2. The summed E-state index contributed by atoms with van der Waals surface area (Å²) < 4.78 is 23.7. The van der Waals surface area contributed by atoms with Crippen LogP contribution < -0.4 is 14.8 Å². The largest absolute Gasteiger partial charge is 0.497 e. The van der Waals surface area contributed by atoms with Crippen molar-refractivity contribution in [2.24, 2.45) is 0 Å². The van der Waals surface area contributed by atoms with Gasteiger partial charge in [-0.1, -0.05) is 0 Å². The van der Waals surface area contributed by atoms with Crippen LogP contribution in [-0.4, -0.2) is 49.1 Å². The van der Waals surface area contributed by atoms with Gasteiger partial charge in [-0.25, -0.2) is 4.39 Å². The second-order valence-electron chi connectivity index (χ2n) is 7.81. The minimum atomic E-state index is -0.370. The second kappa shape index (κ2) is 8.34. The minimum Gasteiger partial charge on any atom is -0.497 e. The van der Waals surface area contributed by atoms with Crippen molar-refractivity contribution >= 4 is 11.8 Å². The Bertz CT molecular complexity index is 933. The number of halogens is 1. The zero-order chi connectivity index (χ0) is 21.3. The number of nitrogens with one attached hydrogen (secondary N) is 1. The molecule has 2 aromatic carbocycles. The first-order valence-corrected chi connectivity index (χ1v) is 10.1. The predicted molar refractivity (Wildman–Crippen MR) is 109 cm³/mol. The van der Waals surface area contributed by atoms with Gasteiger partial charge in [0, 0.05) is 29.8 Å². The maximum Gasteiger partial charge on any atom is 0.258 e. The van der Waals surface area contributed by atoms with Crippen molar-refractivity contribution in [3.05, 3.63) is 59.4 Å². The summed E-state index contributed by atoms with van der Waals surface area (Å²) in [5, 5.41) is 3.05. The molecule has 6 nitrogen and oxygen atoms in total. The monoisotopic (exact) mass is 412 g/mol. The maximum absolute atomic E-state index is 13.3. The normalized spacial score (nSPS) is 22.5. The van der Waals surface area contributed by atoms with Crippen LogP contribution in [0.2, 0.25) is 0 Å². The van der Waals surface area contributed by atoms with Crippen LogP contribution in [0.15, 0.2) is 42.5 Å². The van der Waals surface area contributed by atoms with Crippen LogP contribution in [0.25, 0.3) is 0 Å². The van der Waals surface area contributed by atoms with Gasteiger partial charge in [0.2, 0.25) is 0 Å². The molecular formula is C23H25FN2O4. The van der Waals surface area contributed by atoms with E-state index in [0.29, 0.717) is 35.5 Å². The van der Waals surface area contributed by atoms with Crippen LogP contribution in [0, 0.1) is 5.82 Å². The topological polar surface area (TPSA) is 67.9 Å². The lowest BCUT2D eigenvalue weighted by molar-refractivity contribution is 0.0546. The molecule has 2 amide bonds. The molecule has 2 aliphatic heterocycles. The summed E-state index contributed by atoms with van der Waals surface area (Å²) in [7, 11) is 3.11. The molecule has 7 heteroatoms. The molecule has 30 heavy (non-hydrogen) atoms. The molecule has 158 valence electrons. The number of methoxy groups -OCH3 is 2. The summed E-state index contributed by atoms with van der Waals surface area (Å²) in [6.45, 7) is 0. The van der Waals surface area contributed by atoms with E-state index in [4.69, 9.17) is 9.47 Å². The Labute approximate surface area is 175 Å². The van der Waals surface area contributed by atoms with Gasteiger partial charge < -0.3 is 19.7 Å². The third kappa shape index (κ3) is 3.84. The Morgan fingerprint density at radius 2 is 1.67 bits per heavy atom. The number of fused-ring (bicyclic) bond motifs is 2. The standard InChI is InChI=1S/C23H25FN2O4/c1-29-19-9-10-20(21(13-19)30-2)23(28)26-17-7-8-18(26)12-16(11-17)25-22(27)14-3-5-15(24)6-4-14/h3-6,9-10,13,16-18H,7-8,11-12H2,1-2H3,(H,25,27). The number of hydrogen-bond acceptors (Lipinski definition) is 4. The highest BCUT2D eigenvalue weighted by atomic mass is 19.1. The van der Waals surface area contributed by atoms with E-state index >= 15 is 0 Å². The van der Waals surface area contributed by atoms with Crippen molar-refractivity contribution in [3.8, 4) is 11.5 Å². The molecule has 0 spiro atoms. The molecule has 4 rings (SSSR count). The van der Waals surface area contributed by atoms with Crippen molar-refractivity contribution in [1.82, 2.24) is 10.2 Å². The first-order valence-electron chi connectivity index (χ1n) is 10.1. The second-order valence-corrected chi connectivity index (χ2v) is 7.81. The summed E-state index contributed by atoms with van der Waals surface area (Å²) in [5.41, 5.74) is 0.953. The highest BCUT2D eigenvalue weighted by Crippen LogP contribution is 2.38. The van der Waals surface area contributed by atoms with Crippen LogP contribution in [0.5, 0.6) is 11.5 Å². The van der Waals surface area contributed by atoms with Crippen LogP contribution in [0.3, 0.4) is 0 Å². The summed E-state index contributed by atoms with van der Waals surface area (Å²) >= 11 is 0. The van der Waals surface area contributed by atoms with Crippen LogP contribution in [0.1, 0.15) is 46.4 Å². The van der Waals surface area contributed by atoms with E-state index in [1.165, 1.54) is 31.4 Å². The number of nitrogens with zero attached hydrogens (tertiary/aromatic N) is 1. The number of carbonyl (C=O) groups excluding carboxylic acids is 2. The van der Waals surface area contributed by atoms with Gasteiger partial charge >= 0.3 is 0 Å². The number of benzene rings is 2. The van der Waals surface area contributed by atoms with Gasteiger partial charge in [-0.2, -0.15) is 0 Å². The molecule has 0 saturated carbocycles. The number of ether oxygens (including phenoxy) is 2. The van der Waals surface area contributed by atoms with Crippen LogP contribution in [0.4, 0.5) is 4.39 Å². The lowest BCUT2D eigenvalue weighted by Crippen LogP contribution is -2.52. The fraction of sp³-hybridized carbons (Fsp3) is 0.391. The Kier molecular flexibility index (Phi) is 5.61. The van der Waals surface area contributed by atoms with E-state index in [9.17, 15) is 14.0 Å². The van der Waals surface area contributed by atoms with Gasteiger partial charge in [0.05, 0.1) is 19.8 Å².